The van der Waals surface area contributed by atoms with Gasteiger partial charge in [0.05, 0.1) is 12.3 Å². The molecule has 1 N–H and O–H groups in total. The summed E-state index contributed by atoms with van der Waals surface area (Å²) in [6.07, 6.45) is -3.23. The van der Waals surface area contributed by atoms with Gasteiger partial charge in [0.25, 0.3) is 0 Å². The average Bonchev–Trinajstić information content (AvgIpc) is 3.10. The fraction of sp³-hybridized carbons (Fsp3) is 0.158. The van der Waals surface area contributed by atoms with E-state index in [2.05, 4.69) is 5.32 Å². The van der Waals surface area contributed by atoms with Gasteiger partial charge in [0.2, 0.25) is 0 Å². The van der Waals surface area contributed by atoms with E-state index < -0.39 is 18.3 Å². The molecule has 0 amide bonds. The molecule has 1 aromatic heterocycles. The predicted octanol–water partition coefficient (Wildman–Crippen LogP) is 5.26. The fourth-order valence-corrected chi connectivity index (χ4v) is 2.64. The lowest BCUT2D eigenvalue weighted by Gasteiger charge is -2.27. The van der Waals surface area contributed by atoms with Crippen molar-refractivity contribution in [1.82, 2.24) is 5.32 Å². The Morgan fingerprint density at radius 1 is 0.750 bits per heavy atom. The molecule has 0 saturated carbocycles. The zero-order valence-electron chi connectivity index (χ0n) is 12.7. The minimum Gasteiger partial charge on any atom is -0.467 e. The summed E-state index contributed by atoms with van der Waals surface area (Å²) in [4.78, 5) is 0. The van der Waals surface area contributed by atoms with Crippen molar-refractivity contribution in [2.45, 2.75) is 18.3 Å². The third kappa shape index (κ3) is 3.68. The summed E-state index contributed by atoms with van der Waals surface area (Å²) in [5, 5.41) is 2.71. The van der Waals surface area contributed by atoms with E-state index in [0.717, 1.165) is 11.1 Å². The number of nitrogens with one attached hydrogen (secondary N) is 1. The number of hydrogen-bond donors (Lipinski definition) is 1. The molecule has 0 aliphatic carbocycles. The quantitative estimate of drug-likeness (QED) is 0.690. The maximum Gasteiger partial charge on any atom is 0.411 e. The molecule has 0 saturated heterocycles. The first-order chi connectivity index (χ1) is 11.6. The van der Waals surface area contributed by atoms with E-state index in [1.54, 1.807) is 24.3 Å². The van der Waals surface area contributed by atoms with Crippen molar-refractivity contribution in [3.05, 3.63) is 95.9 Å². The summed E-state index contributed by atoms with van der Waals surface area (Å²) >= 11 is 0. The number of alkyl halides is 3. The standard InChI is InChI=1S/C19H16F3NO/c20-19(21,22)18(16-12-7-13-24-16)23-17(14-8-3-1-4-9-14)15-10-5-2-6-11-15/h1-13,17-18,23H. The lowest BCUT2D eigenvalue weighted by Crippen LogP contribution is -2.36. The first-order valence-electron chi connectivity index (χ1n) is 7.52. The third-order valence-corrected chi connectivity index (χ3v) is 3.75. The van der Waals surface area contributed by atoms with Gasteiger partial charge < -0.3 is 4.42 Å². The zero-order valence-corrected chi connectivity index (χ0v) is 12.7. The summed E-state index contributed by atoms with van der Waals surface area (Å²) in [6.45, 7) is 0. The largest absolute Gasteiger partial charge is 0.467 e. The van der Waals surface area contributed by atoms with Gasteiger partial charge in [0.15, 0.2) is 6.04 Å². The van der Waals surface area contributed by atoms with Crippen molar-refractivity contribution >= 4 is 0 Å². The molecule has 5 heteroatoms. The lowest BCUT2D eigenvalue weighted by atomic mass is 9.97. The summed E-state index contributed by atoms with van der Waals surface area (Å²) < 4.78 is 45.7. The highest BCUT2D eigenvalue weighted by molar-refractivity contribution is 5.32. The lowest BCUT2D eigenvalue weighted by molar-refractivity contribution is -0.163. The number of rotatable bonds is 5. The van der Waals surface area contributed by atoms with E-state index in [9.17, 15) is 13.2 Å². The van der Waals surface area contributed by atoms with Gasteiger partial charge in [-0.25, -0.2) is 0 Å². The maximum absolute atomic E-state index is 13.6. The Balaban J connectivity index is 1.99. The van der Waals surface area contributed by atoms with E-state index in [1.165, 1.54) is 18.4 Å². The second-order valence-electron chi connectivity index (χ2n) is 5.41. The van der Waals surface area contributed by atoms with Crippen molar-refractivity contribution in [2.75, 3.05) is 0 Å². The Bertz CT molecular complexity index is 700. The van der Waals surface area contributed by atoms with E-state index in [1.807, 2.05) is 36.4 Å². The van der Waals surface area contributed by atoms with E-state index in [-0.39, 0.29) is 5.76 Å². The molecule has 2 aromatic carbocycles. The zero-order chi connectivity index (χ0) is 17.0. The Hall–Kier alpha value is -2.53. The van der Waals surface area contributed by atoms with E-state index in [0.29, 0.717) is 0 Å². The van der Waals surface area contributed by atoms with Gasteiger partial charge in [-0.3, -0.25) is 5.32 Å². The minimum absolute atomic E-state index is 0.153. The molecule has 0 aliphatic heterocycles. The van der Waals surface area contributed by atoms with E-state index in [4.69, 9.17) is 4.42 Å². The van der Waals surface area contributed by atoms with Gasteiger partial charge in [0, 0.05) is 0 Å². The van der Waals surface area contributed by atoms with Crippen molar-refractivity contribution in [2.24, 2.45) is 0 Å². The number of benzene rings is 2. The molecule has 0 fully saturated rings. The Morgan fingerprint density at radius 2 is 1.29 bits per heavy atom. The van der Waals surface area contributed by atoms with Gasteiger partial charge in [-0.2, -0.15) is 13.2 Å². The normalized spacial score (nSPS) is 13.2. The Kier molecular flexibility index (Phi) is 4.71. The second kappa shape index (κ2) is 6.93. The van der Waals surface area contributed by atoms with Crippen LogP contribution in [-0.2, 0) is 0 Å². The summed E-state index contributed by atoms with van der Waals surface area (Å²) in [6, 6.07) is 18.4. The molecule has 3 aromatic rings. The van der Waals surface area contributed by atoms with Crippen LogP contribution in [0.4, 0.5) is 13.2 Å². The van der Waals surface area contributed by atoms with Crippen molar-refractivity contribution in [3.63, 3.8) is 0 Å². The van der Waals surface area contributed by atoms with Crippen LogP contribution in [0.3, 0.4) is 0 Å². The van der Waals surface area contributed by atoms with Crippen molar-refractivity contribution in [3.8, 4) is 0 Å². The van der Waals surface area contributed by atoms with Crippen LogP contribution in [0.1, 0.15) is 29.0 Å². The molecule has 1 atom stereocenters. The molecule has 0 radical (unpaired) electrons. The molecule has 24 heavy (non-hydrogen) atoms. The van der Waals surface area contributed by atoms with Gasteiger partial charge in [0.1, 0.15) is 5.76 Å². The highest BCUT2D eigenvalue weighted by Gasteiger charge is 2.44. The summed E-state index contributed by atoms with van der Waals surface area (Å²) in [5.41, 5.74) is 1.51. The minimum atomic E-state index is -4.47. The van der Waals surface area contributed by atoms with Crippen LogP contribution in [0.15, 0.2) is 83.5 Å². The highest BCUT2D eigenvalue weighted by atomic mass is 19.4. The number of halogens is 3. The average molecular weight is 331 g/mol. The molecular formula is C19H16F3NO. The van der Waals surface area contributed by atoms with Crippen LogP contribution < -0.4 is 5.32 Å². The Morgan fingerprint density at radius 3 is 1.71 bits per heavy atom. The number of furan rings is 1. The molecule has 124 valence electrons. The highest BCUT2D eigenvalue weighted by Crippen LogP contribution is 2.36. The molecule has 2 nitrogen and oxygen atoms in total. The van der Waals surface area contributed by atoms with Gasteiger partial charge in [-0.05, 0) is 23.3 Å². The van der Waals surface area contributed by atoms with Crippen LogP contribution in [-0.4, -0.2) is 6.18 Å². The molecule has 1 heterocycles. The van der Waals surface area contributed by atoms with Crippen LogP contribution in [0.25, 0.3) is 0 Å². The summed E-state index contributed by atoms with van der Waals surface area (Å²) in [7, 11) is 0. The predicted molar refractivity (Wildman–Crippen MR) is 85.4 cm³/mol. The first kappa shape index (κ1) is 16.3. The molecule has 0 aliphatic rings. The maximum atomic E-state index is 13.6. The molecule has 1 unspecified atom stereocenters. The van der Waals surface area contributed by atoms with Gasteiger partial charge >= 0.3 is 6.18 Å². The fourth-order valence-electron chi connectivity index (χ4n) is 2.64. The second-order valence-corrected chi connectivity index (χ2v) is 5.41. The molecule has 0 spiro atoms. The van der Waals surface area contributed by atoms with Crippen molar-refractivity contribution < 1.29 is 17.6 Å². The van der Waals surface area contributed by atoms with Crippen LogP contribution >= 0.6 is 0 Å². The van der Waals surface area contributed by atoms with Crippen LogP contribution in [0.5, 0.6) is 0 Å². The molecular weight excluding hydrogens is 315 g/mol. The smallest absolute Gasteiger partial charge is 0.411 e. The number of hydrogen-bond acceptors (Lipinski definition) is 2. The van der Waals surface area contributed by atoms with Gasteiger partial charge in [-0.1, -0.05) is 60.7 Å². The van der Waals surface area contributed by atoms with Crippen LogP contribution in [0.2, 0.25) is 0 Å². The molecule has 3 rings (SSSR count). The Labute approximate surface area is 137 Å². The monoisotopic (exact) mass is 331 g/mol. The first-order valence-corrected chi connectivity index (χ1v) is 7.52. The van der Waals surface area contributed by atoms with Crippen molar-refractivity contribution in [1.29, 1.82) is 0 Å². The summed E-state index contributed by atoms with van der Waals surface area (Å²) in [5.74, 6) is -0.153. The third-order valence-electron chi connectivity index (χ3n) is 3.75. The van der Waals surface area contributed by atoms with E-state index >= 15 is 0 Å². The topological polar surface area (TPSA) is 25.2 Å². The van der Waals surface area contributed by atoms with Gasteiger partial charge in [-0.15, -0.1) is 0 Å². The van der Waals surface area contributed by atoms with Crippen LogP contribution in [0, 0.1) is 0 Å². The molecule has 0 bridgehead atoms. The SMILES string of the molecule is FC(F)(F)C(NC(c1ccccc1)c1ccccc1)c1ccco1.